The Balaban J connectivity index is 2.17. The fourth-order valence-electron chi connectivity index (χ4n) is 3.23. The molecule has 2 heterocycles. The molecule has 1 N–H and O–H groups in total. The number of nitrogens with one attached hydrogen (secondary N) is 1. The van der Waals surface area contributed by atoms with Crippen molar-refractivity contribution in [2.45, 2.75) is 44.7 Å². The van der Waals surface area contributed by atoms with Gasteiger partial charge in [-0.25, -0.2) is 27.5 Å². The van der Waals surface area contributed by atoms with E-state index in [-0.39, 0.29) is 16.8 Å². The molecule has 9 heteroatoms. The van der Waals surface area contributed by atoms with Crippen molar-refractivity contribution in [3.63, 3.8) is 0 Å². The maximum absolute atomic E-state index is 12.7. The van der Waals surface area contributed by atoms with Crippen molar-refractivity contribution in [3.8, 4) is 17.6 Å². The molecule has 1 atom stereocenters. The maximum atomic E-state index is 12.7. The molecule has 0 saturated heterocycles. The number of hydrogen-bond donors (Lipinski definition) is 1. The van der Waals surface area contributed by atoms with Crippen molar-refractivity contribution in [2.24, 2.45) is 0 Å². The van der Waals surface area contributed by atoms with E-state index in [9.17, 15) is 18.1 Å². The molecule has 3 aromatic rings. The molecule has 0 aliphatic heterocycles. The second-order valence-corrected chi connectivity index (χ2v) is 8.95. The number of hydrogen-bond acceptors (Lipinski definition) is 5. The van der Waals surface area contributed by atoms with E-state index in [2.05, 4.69) is 20.8 Å². The summed E-state index contributed by atoms with van der Waals surface area (Å²) in [4.78, 5) is 8.28. The number of benzene rings is 1. The number of sulfonamides is 1. The van der Waals surface area contributed by atoms with Crippen LogP contribution in [0.25, 0.3) is 22.4 Å². The number of aryl methyl sites for hydroxylation is 1. The van der Waals surface area contributed by atoms with Crippen molar-refractivity contribution in [2.75, 3.05) is 6.67 Å². The predicted octanol–water partition coefficient (Wildman–Crippen LogP) is 3.50. The lowest BCUT2D eigenvalue weighted by atomic mass is 10.1. The van der Waals surface area contributed by atoms with Gasteiger partial charge in [-0.2, -0.15) is 5.26 Å². The Hall–Kier alpha value is -2.83. The molecule has 0 aliphatic carbocycles. The Labute approximate surface area is 169 Å². The minimum absolute atomic E-state index is 0.0236. The van der Waals surface area contributed by atoms with Crippen molar-refractivity contribution < 1.29 is 12.8 Å². The molecule has 0 saturated carbocycles. The number of halogens is 1. The van der Waals surface area contributed by atoms with Crippen LogP contribution in [0.15, 0.2) is 35.5 Å². The number of nitrogens with zero attached hydrogens (tertiary/aromatic N) is 4. The zero-order chi connectivity index (χ0) is 21.3. The van der Waals surface area contributed by atoms with E-state index in [0.717, 1.165) is 16.5 Å². The van der Waals surface area contributed by atoms with Gasteiger partial charge >= 0.3 is 0 Å². The predicted molar refractivity (Wildman–Crippen MR) is 109 cm³/mol. The lowest BCUT2D eigenvalue weighted by Crippen LogP contribution is -2.34. The van der Waals surface area contributed by atoms with Gasteiger partial charge in [0.15, 0.2) is 5.82 Å². The third-order valence-corrected chi connectivity index (χ3v) is 6.07. The van der Waals surface area contributed by atoms with Crippen molar-refractivity contribution in [1.29, 1.82) is 5.26 Å². The monoisotopic (exact) mass is 415 g/mol. The number of rotatable bonds is 6. The molecule has 0 bridgehead atoms. The van der Waals surface area contributed by atoms with Gasteiger partial charge in [0.1, 0.15) is 23.3 Å². The van der Waals surface area contributed by atoms with Crippen LogP contribution >= 0.6 is 0 Å². The van der Waals surface area contributed by atoms with Gasteiger partial charge < -0.3 is 4.57 Å². The lowest BCUT2D eigenvalue weighted by molar-refractivity contribution is 0.423. The molecule has 3 rings (SSSR count). The van der Waals surface area contributed by atoms with E-state index in [0.29, 0.717) is 11.3 Å². The van der Waals surface area contributed by atoms with Gasteiger partial charge in [-0.3, -0.25) is 0 Å². The van der Waals surface area contributed by atoms with Gasteiger partial charge in [-0.05, 0) is 39.3 Å². The first-order chi connectivity index (χ1) is 13.7. The lowest BCUT2D eigenvalue weighted by Gasteiger charge is -2.15. The summed E-state index contributed by atoms with van der Waals surface area (Å²) in [5, 5.41) is 10.6. The molecule has 2 aromatic heterocycles. The van der Waals surface area contributed by atoms with Gasteiger partial charge in [-0.15, -0.1) is 0 Å². The first-order valence-electron chi connectivity index (χ1n) is 9.15. The molecule has 0 unspecified atom stereocenters. The third-order valence-electron chi connectivity index (χ3n) is 4.53. The van der Waals surface area contributed by atoms with Crippen LogP contribution in [0.4, 0.5) is 4.39 Å². The quantitative estimate of drug-likeness (QED) is 0.664. The zero-order valence-electron chi connectivity index (χ0n) is 16.6. The summed E-state index contributed by atoms with van der Waals surface area (Å²) >= 11 is 0. The molecule has 1 aromatic carbocycles. The summed E-state index contributed by atoms with van der Waals surface area (Å²) in [5.41, 5.74) is 2.93. The van der Waals surface area contributed by atoms with Crippen molar-refractivity contribution >= 4 is 20.9 Å². The van der Waals surface area contributed by atoms with Crippen LogP contribution in [0.5, 0.6) is 0 Å². The topological polar surface area (TPSA) is 101 Å². The largest absolute Gasteiger partial charge is 0.334 e. The number of aromatic nitrogens is 3. The molecule has 0 spiro atoms. The van der Waals surface area contributed by atoms with Gasteiger partial charge in [0.05, 0.1) is 23.5 Å². The second kappa shape index (κ2) is 7.89. The highest BCUT2D eigenvalue weighted by Crippen LogP contribution is 2.35. The SMILES string of the molecule is Cc1ccc2c(C#N)c(-c3ncc(S(=O)(=O)N[C@@H](C)CF)cn3)n(C(C)C)c2c1. The molecular weight excluding hydrogens is 393 g/mol. The fraction of sp³-hybridized carbons (Fsp3) is 0.350. The Morgan fingerprint density at radius 2 is 1.90 bits per heavy atom. The summed E-state index contributed by atoms with van der Waals surface area (Å²) in [6.45, 7) is 6.57. The average Bonchev–Trinajstić information content (AvgIpc) is 3.01. The molecule has 29 heavy (non-hydrogen) atoms. The smallest absolute Gasteiger partial charge is 0.243 e. The van der Waals surface area contributed by atoms with Crippen LogP contribution in [0.1, 0.15) is 37.9 Å². The second-order valence-electron chi connectivity index (χ2n) is 7.24. The van der Waals surface area contributed by atoms with Crippen LogP contribution in [-0.4, -0.2) is 35.7 Å². The van der Waals surface area contributed by atoms with Crippen LogP contribution in [0.2, 0.25) is 0 Å². The third kappa shape index (κ3) is 3.86. The number of nitriles is 1. The summed E-state index contributed by atoms with van der Waals surface area (Å²) in [6.07, 6.45) is 2.34. The summed E-state index contributed by atoms with van der Waals surface area (Å²) in [7, 11) is -3.93. The molecule has 0 radical (unpaired) electrons. The Morgan fingerprint density at radius 1 is 1.24 bits per heavy atom. The Bertz CT molecular complexity index is 1190. The standard InChI is InChI=1S/C20H22FN5O2S/c1-12(2)26-18-7-13(3)5-6-16(18)17(9-22)19(26)20-23-10-15(11-24-20)29(27,28)25-14(4)8-21/h5-7,10-12,14,25H,8H2,1-4H3/t14-/m0/s1. The van der Waals surface area contributed by atoms with E-state index in [1.807, 2.05) is 43.5 Å². The highest BCUT2D eigenvalue weighted by molar-refractivity contribution is 7.89. The highest BCUT2D eigenvalue weighted by Gasteiger charge is 2.24. The van der Waals surface area contributed by atoms with E-state index >= 15 is 0 Å². The van der Waals surface area contributed by atoms with Crippen molar-refractivity contribution in [3.05, 3.63) is 41.7 Å². The zero-order valence-corrected chi connectivity index (χ0v) is 17.5. The van der Waals surface area contributed by atoms with Gasteiger partial charge in [0.25, 0.3) is 0 Å². The molecule has 0 amide bonds. The van der Waals surface area contributed by atoms with E-state index in [1.54, 1.807) is 0 Å². The van der Waals surface area contributed by atoms with Crippen LogP contribution in [0, 0.1) is 18.3 Å². The number of alkyl halides is 1. The fourth-order valence-corrected chi connectivity index (χ4v) is 4.34. The van der Waals surface area contributed by atoms with Gasteiger partial charge in [0, 0.05) is 17.5 Å². The minimum Gasteiger partial charge on any atom is -0.334 e. The van der Waals surface area contributed by atoms with Crippen LogP contribution < -0.4 is 4.72 Å². The van der Waals surface area contributed by atoms with Crippen molar-refractivity contribution in [1.82, 2.24) is 19.3 Å². The highest BCUT2D eigenvalue weighted by atomic mass is 32.2. The molecule has 152 valence electrons. The summed E-state index contributed by atoms with van der Waals surface area (Å²) in [5.74, 6) is 0.251. The molecule has 0 aliphatic rings. The summed E-state index contributed by atoms with van der Waals surface area (Å²) in [6, 6.07) is 7.24. The Kier molecular flexibility index (Phi) is 5.68. The first kappa shape index (κ1) is 20.9. The van der Waals surface area contributed by atoms with Gasteiger partial charge in [-0.1, -0.05) is 12.1 Å². The minimum atomic E-state index is -3.93. The van der Waals surface area contributed by atoms with E-state index in [1.165, 1.54) is 19.3 Å². The van der Waals surface area contributed by atoms with E-state index in [4.69, 9.17) is 0 Å². The molecule has 7 nitrogen and oxygen atoms in total. The average molecular weight is 415 g/mol. The van der Waals surface area contributed by atoms with Gasteiger partial charge in [0.2, 0.25) is 10.0 Å². The van der Waals surface area contributed by atoms with Crippen LogP contribution in [-0.2, 0) is 10.0 Å². The molecular formula is C20H22FN5O2S. The van der Waals surface area contributed by atoms with E-state index < -0.39 is 22.7 Å². The number of fused-ring (bicyclic) bond motifs is 1. The maximum Gasteiger partial charge on any atom is 0.243 e. The Morgan fingerprint density at radius 3 is 2.45 bits per heavy atom. The summed E-state index contributed by atoms with van der Waals surface area (Å²) < 4.78 is 41.5. The normalized spacial score (nSPS) is 13.0. The van der Waals surface area contributed by atoms with Crippen LogP contribution in [0.3, 0.4) is 0 Å². The molecule has 0 fully saturated rings. The first-order valence-corrected chi connectivity index (χ1v) is 10.6.